The zero-order valence-electron chi connectivity index (χ0n) is 20.2. The van der Waals surface area contributed by atoms with Crippen molar-refractivity contribution in [1.29, 1.82) is 0 Å². The van der Waals surface area contributed by atoms with E-state index in [1.165, 1.54) is 0 Å². The van der Waals surface area contributed by atoms with Gasteiger partial charge in [0.05, 0.1) is 0 Å². The van der Waals surface area contributed by atoms with Crippen molar-refractivity contribution in [2.24, 2.45) is 0 Å². The number of hydrogen-bond donors (Lipinski definition) is 1. The molecule has 186 valence electrons. The molecular weight excluding hydrogens is 493 g/mol. The summed E-state index contributed by atoms with van der Waals surface area (Å²) >= 11 is 12.4. The quantitative estimate of drug-likeness (QED) is 0.286. The SMILES string of the molecule is CCN1CCN(C(=O)C[C@H](c2cccc(Oc3ccc(Cl)cc3)c2)c2c[nH]c3ccc(Cl)cc23)CC1. The number of hydrogen-bond acceptors (Lipinski definition) is 3. The van der Waals surface area contributed by atoms with E-state index in [4.69, 9.17) is 27.9 Å². The second-order valence-corrected chi connectivity index (χ2v) is 10.0. The van der Waals surface area contributed by atoms with Gasteiger partial charge in [0.2, 0.25) is 5.91 Å². The van der Waals surface area contributed by atoms with Gasteiger partial charge in [0.15, 0.2) is 0 Å². The van der Waals surface area contributed by atoms with E-state index in [-0.39, 0.29) is 11.8 Å². The predicted octanol–water partition coefficient (Wildman–Crippen LogP) is 6.95. The molecule has 1 atom stereocenters. The number of rotatable bonds is 7. The highest BCUT2D eigenvalue weighted by Crippen LogP contribution is 2.37. The van der Waals surface area contributed by atoms with E-state index < -0.39 is 0 Å². The summed E-state index contributed by atoms with van der Waals surface area (Å²) in [4.78, 5) is 21.2. The highest BCUT2D eigenvalue weighted by Gasteiger charge is 2.27. The number of amides is 1. The Labute approximate surface area is 221 Å². The second kappa shape index (κ2) is 11.0. The Morgan fingerprint density at radius 3 is 2.44 bits per heavy atom. The number of piperazine rings is 1. The zero-order chi connectivity index (χ0) is 25.1. The van der Waals surface area contributed by atoms with Crippen LogP contribution in [0.25, 0.3) is 10.9 Å². The van der Waals surface area contributed by atoms with Crippen LogP contribution in [0.4, 0.5) is 0 Å². The fraction of sp³-hybridized carbons (Fsp3) is 0.276. The van der Waals surface area contributed by atoms with Crippen LogP contribution < -0.4 is 4.74 Å². The summed E-state index contributed by atoms with van der Waals surface area (Å²) in [6.45, 7) is 6.54. The Balaban J connectivity index is 1.47. The molecule has 4 aromatic rings. The molecule has 36 heavy (non-hydrogen) atoms. The maximum absolute atomic E-state index is 13.5. The van der Waals surface area contributed by atoms with Gasteiger partial charge in [-0.3, -0.25) is 4.79 Å². The summed E-state index contributed by atoms with van der Waals surface area (Å²) in [5.74, 6) is 1.43. The summed E-state index contributed by atoms with van der Waals surface area (Å²) in [6, 6.07) is 21.1. The van der Waals surface area contributed by atoms with Crippen molar-refractivity contribution >= 4 is 40.0 Å². The zero-order valence-corrected chi connectivity index (χ0v) is 21.7. The van der Waals surface area contributed by atoms with Gasteiger partial charge >= 0.3 is 0 Å². The number of aromatic nitrogens is 1. The Morgan fingerprint density at radius 1 is 0.944 bits per heavy atom. The molecule has 5 nitrogen and oxygen atoms in total. The number of likely N-dealkylation sites (N-methyl/N-ethyl adjacent to an activating group) is 1. The molecule has 7 heteroatoms. The van der Waals surface area contributed by atoms with Crippen LogP contribution in [0.3, 0.4) is 0 Å². The van der Waals surface area contributed by atoms with Crippen LogP contribution in [0.5, 0.6) is 11.5 Å². The lowest BCUT2D eigenvalue weighted by Gasteiger charge is -2.35. The molecule has 0 radical (unpaired) electrons. The first kappa shape index (κ1) is 24.7. The molecule has 1 N–H and O–H groups in total. The minimum absolute atomic E-state index is 0.150. The van der Waals surface area contributed by atoms with E-state index in [1.807, 2.05) is 59.6 Å². The highest BCUT2D eigenvalue weighted by atomic mass is 35.5. The number of benzene rings is 3. The van der Waals surface area contributed by atoms with Crippen molar-refractivity contribution in [2.45, 2.75) is 19.3 Å². The average Bonchev–Trinajstić information content (AvgIpc) is 3.31. The molecule has 1 aromatic heterocycles. The van der Waals surface area contributed by atoms with Gasteiger partial charge in [0.1, 0.15) is 11.5 Å². The van der Waals surface area contributed by atoms with Gasteiger partial charge in [0.25, 0.3) is 0 Å². The van der Waals surface area contributed by atoms with Crippen molar-refractivity contribution in [1.82, 2.24) is 14.8 Å². The Morgan fingerprint density at radius 2 is 1.69 bits per heavy atom. The van der Waals surface area contributed by atoms with Gasteiger partial charge in [-0.25, -0.2) is 0 Å². The number of fused-ring (bicyclic) bond motifs is 1. The monoisotopic (exact) mass is 521 g/mol. The Hall–Kier alpha value is -2.99. The lowest BCUT2D eigenvalue weighted by molar-refractivity contribution is -0.133. The van der Waals surface area contributed by atoms with Gasteiger partial charge in [-0.15, -0.1) is 0 Å². The van der Waals surface area contributed by atoms with E-state index in [1.54, 1.807) is 12.1 Å². The van der Waals surface area contributed by atoms with E-state index in [0.717, 1.165) is 54.8 Å². The number of nitrogens with one attached hydrogen (secondary N) is 1. The summed E-state index contributed by atoms with van der Waals surface area (Å²) < 4.78 is 6.11. The van der Waals surface area contributed by atoms with Crippen molar-refractivity contribution < 1.29 is 9.53 Å². The molecule has 1 saturated heterocycles. The molecule has 0 aliphatic carbocycles. The second-order valence-electron chi connectivity index (χ2n) is 9.13. The summed E-state index contributed by atoms with van der Waals surface area (Å²) in [7, 11) is 0. The number of carbonyl (C=O) groups excluding carboxylic acids is 1. The number of carbonyl (C=O) groups is 1. The van der Waals surface area contributed by atoms with Crippen LogP contribution >= 0.6 is 23.2 Å². The fourth-order valence-corrected chi connectivity index (χ4v) is 5.16. The maximum atomic E-state index is 13.5. The van der Waals surface area contributed by atoms with Crippen molar-refractivity contribution in [2.75, 3.05) is 32.7 Å². The molecule has 0 unspecified atom stereocenters. The standard InChI is InChI=1S/C29H29Cl2N3O2/c1-2-33-12-14-34(15-13-33)29(35)18-25(27-19-32-28-11-8-22(31)17-26(27)28)20-4-3-5-24(16-20)36-23-9-6-21(30)7-10-23/h3-11,16-17,19,25,32H,2,12-15,18H2,1H3/t25-/m1/s1. The molecule has 3 aromatic carbocycles. The summed E-state index contributed by atoms with van der Waals surface area (Å²) in [5.41, 5.74) is 3.07. The van der Waals surface area contributed by atoms with E-state index >= 15 is 0 Å². The van der Waals surface area contributed by atoms with Crippen LogP contribution in [0.2, 0.25) is 10.0 Å². The van der Waals surface area contributed by atoms with Crippen molar-refractivity contribution in [3.63, 3.8) is 0 Å². The first-order valence-electron chi connectivity index (χ1n) is 12.3. The Kier molecular flexibility index (Phi) is 7.51. The number of H-pyrrole nitrogens is 1. The molecule has 1 fully saturated rings. The number of aromatic amines is 1. The van der Waals surface area contributed by atoms with Crippen LogP contribution in [-0.4, -0.2) is 53.4 Å². The first-order valence-corrected chi connectivity index (χ1v) is 13.1. The molecule has 0 saturated carbocycles. The van der Waals surface area contributed by atoms with E-state index in [2.05, 4.69) is 22.9 Å². The van der Waals surface area contributed by atoms with Crippen LogP contribution in [0.1, 0.15) is 30.4 Å². The molecule has 1 aliphatic heterocycles. The lowest BCUT2D eigenvalue weighted by Crippen LogP contribution is -2.48. The van der Waals surface area contributed by atoms with Crippen molar-refractivity contribution in [3.8, 4) is 11.5 Å². The van der Waals surface area contributed by atoms with Gasteiger partial charge in [0, 0.05) is 65.7 Å². The first-order chi connectivity index (χ1) is 17.5. The Bertz CT molecular complexity index is 1340. The number of nitrogens with zero attached hydrogens (tertiary/aromatic N) is 2. The molecule has 0 bridgehead atoms. The largest absolute Gasteiger partial charge is 0.457 e. The van der Waals surface area contributed by atoms with E-state index in [9.17, 15) is 4.79 Å². The van der Waals surface area contributed by atoms with Crippen molar-refractivity contribution in [3.05, 3.63) is 94.1 Å². The maximum Gasteiger partial charge on any atom is 0.223 e. The minimum Gasteiger partial charge on any atom is -0.457 e. The lowest BCUT2D eigenvalue weighted by atomic mass is 9.87. The summed E-state index contributed by atoms with van der Waals surface area (Å²) in [6.07, 6.45) is 2.37. The molecule has 1 aliphatic rings. The van der Waals surface area contributed by atoms with Gasteiger partial charge < -0.3 is 19.5 Å². The topological polar surface area (TPSA) is 48.6 Å². The van der Waals surface area contributed by atoms with Gasteiger partial charge in [-0.05, 0) is 72.3 Å². The van der Waals surface area contributed by atoms with Crippen LogP contribution in [-0.2, 0) is 4.79 Å². The molecule has 1 amide bonds. The summed E-state index contributed by atoms with van der Waals surface area (Å²) in [5, 5.41) is 2.36. The van der Waals surface area contributed by atoms with Crippen LogP contribution in [0, 0.1) is 0 Å². The number of halogens is 2. The molecule has 2 heterocycles. The van der Waals surface area contributed by atoms with Gasteiger partial charge in [-0.1, -0.05) is 42.3 Å². The average molecular weight is 522 g/mol. The van der Waals surface area contributed by atoms with Gasteiger partial charge in [-0.2, -0.15) is 0 Å². The number of ether oxygens (including phenoxy) is 1. The van der Waals surface area contributed by atoms with Crippen LogP contribution in [0.15, 0.2) is 72.9 Å². The predicted molar refractivity (Wildman–Crippen MR) is 146 cm³/mol. The third-order valence-corrected chi connectivity index (χ3v) is 7.40. The molecule has 5 rings (SSSR count). The fourth-order valence-electron chi connectivity index (χ4n) is 4.86. The smallest absolute Gasteiger partial charge is 0.223 e. The third-order valence-electron chi connectivity index (χ3n) is 6.91. The molecular formula is C29H29Cl2N3O2. The molecule has 0 spiro atoms. The van der Waals surface area contributed by atoms with E-state index in [0.29, 0.717) is 28.0 Å². The normalized spacial score (nSPS) is 15.2. The minimum atomic E-state index is -0.150. The highest BCUT2D eigenvalue weighted by molar-refractivity contribution is 6.31. The third kappa shape index (κ3) is 5.54.